The number of carbonyl (C=O) groups is 2. The summed E-state index contributed by atoms with van der Waals surface area (Å²) >= 11 is 2.77. The number of nitrogens with zero attached hydrogens (tertiary/aromatic N) is 2. The van der Waals surface area contributed by atoms with Crippen molar-refractivity contribution in [3.05, 3.63) is 46.7 Å². The smallest absolute Gasteiger partial charge is 0.238 e. The zero-order valence-corrected chi connectivity index (χ0v) is 19.9. The first-order valence-electron chi connectivity index (χ1n) is 10.7. The third kappa shape index (κ3) is 7.49. The third-order valence-corrected chi connectivity index (χ3v) is 6.77. The number of thioether (sulfide) groups is 1. The second-order valence-corrected chi connectivity index (χ2v) is 9.49. The lowest BCUT2D eigenvalue weighted by Gasteiger charge is -2.21. The van der Waals surface area contributed by atoms with E-state index < -0.39 is 5.25 Å². The summed E-state index contributed by atoms with van der Waals surface area (Å²) in [6, 6.07) is 11.2. The second-order valence-electron chi connectivity index (χ2n) is 7.35. The van der Waals surface area contributed by atoms with Crippen molar-refractivity contribution in [1.82, 2.24) is 5.32 Å². The van der Waals surface area contributed by atoms with E-state index in [0.29, 0.717) is 17.5 Å². The molecule has 2 amide bonds. The number of rotatable bonds is 10. The molecule has 170 valence electrons. The van der Waals surface area contributed by atoms with Crippen molar-refractivity contribution >= 4 is 51.5 Å². The van der Waals surface area contributed by atoms with Crippen LogP contribution in [-0.2, 0) is 9.59 Å². The molecule has 1 saturated heterocycles. The van der Waals surface area contributed by atoms with Gasteiger partial charge in [-0.3, -0.25) is 9.59 Å². The van der Waals surface area contributed by atoms with Gasteiger partial charge in [0.05, 0.1) is 17.2 Å². The van der Waals surface area contributed by atoms with E-state index in [9.17, 15) is 9.59 Å². The Morgan fingerprint density at radius 2 is 2.03 bits per heavy atom. The molecule has 1 aromatic carbocycles. The van der Waals surface area contributed by atoms with E-state index in [4.69, 9.17) is 4.74 Å². The number of nitrogens with one attached hydrogen (secondary N) is 2. The standard InChI is InChI=1S/C23H28N4O3S2/c1-3-4-5-6-13-30-18-11-9-17(10-12-18)24-22(29)20-15-21(28)25-23(32-20)27-26-16(2)19-8-7-14-31-19/h7-12,14,20H,3-6,13,15H2,1-2H3,(H,24,29)(H,25,27,28)/b26-16-/t20-/m0/s1. The highest BCUT2D eigenvalue weighted by Gasteiger charge is 2.30. The summed E-state index contributed by atoms with van der Waals surface area (Å²) in [4.78, 5) is 25.8. The lowest BCUT2D eigenvalue weighted by Crippen LogP contribution is -2.41. The van der Waals surface area contributed by atoms with Gasteiger partial charge in [-0.15, -0.1) is 16.4 Å². The number of unbranched alkanes of at least 4 members (excludes halogenated alkanes) is 3. The van der Waals surface area contributed by atoms with Crippen LogP contribution in [0.1, 0.15) is 50.8 Å². The SMILES string of the molecule is CCCCCCOc1ccc(NC(=O)[C@@H]2CC(=O)N/C(=N/N=C(/C)c3cccs3)S2)cc1. The minimum Gasteiger partial charge on any atom is -0.494 e. The summed E-state index contributed by atoms with van der Waals surface area (Å²) in [6.45, 7) is 4.73. The molecule has 1 fully saturated rings. The Morgan fingerprint density at radius 1 is 1.22 bits per heavy atom. The molecule has 1 aliphatic rings. The predicted molar refractivity (Wildman–Crippen MR) is 133 cm³/mol. The van der Waals surface area contributed by atoms with Crippen LogP contribution in [0.2, 0.25) is 0 Å². The molecule has 7 nitrogen and oxygen atoms in total. The fourth-order valence-electron chi connectivity index (χ4n) is 2.97. The van der Waals surface area contributed by atoms with Gasteiger partial charge >= 0.3 is 0 Å². The number of hydrogen-bond donors (Lipinski definition) is 2. The van der Waals surface area contributed by atoms with Gasteiger partial charge in [0, 0.05) is 12.1 Å². The van der Waals surface area contributed by atoms with Crippen LogP contribution < -0.4 is 15.4 Å². The normalized spacial score (nSPS) is 17.8. The van der Waals surface area contributed by atoms with Crippen molar-refractivity contribution in [2.45, 2.75) is 51.2 Å². The Balaban J connectivity index is 1.53. The molecule has 0 bridgehead atoms. The quantitative estimate of drug-likeness (QED) is 0.288. The molecule has 0 spiro atoms. The van der Waals surface area contributed by atoms with Gasteiger partial charge in [0.25, 0.3) is 0 Å². The number of benzene rings is 1. The summed E-state index contributed by atoms with van der Waals surface area (Å²) in [5, 5.41) is 15.6. The molecule has 32 heavy (non-hydrogen) atoms. The maximum atomic E-state index is 12.7. The lowest BCUT2D eigenvalue weighted by molar-refractivity contribution is -0.123. The summed E-state index contributed by atoms with van der Waals surface area (Å²) in [7, 11) is 0. The predicted octanol–water partition coefficient (Wildman–Crippen LogP) is 5.05. The van der Waals surface area contributed by atoms with Gasteiger partial charge in [0.2, 0.25) is 11.8 Å². The van der Waals surface area contributed by atoms with Crippen LogP contribution in [0.4, 0.5) is 5.69 Å². The van der Waals surface area contributed by atoms with Crippen molar-refractivity contribution in [2.24, 2.45) is 10.2 Å². The van der Waals surface area contributed by atoms with Gasteiger partial charge in [-0.1, -0.05) is 44.0 Å². The van der Waals surface area contributed by atoms with Crippen molar-refractivity contribution < 1.29 is 14.3 Å². The molecule has 1 aromatic heterocycles. The number of amidine groups is 1. The molecule has 2 heterocycles. The maximum Gasteiger partial charge on any atom is 0.238 e. The zero-order chi connectivity index (χ0) is 22.8. The van der Waals surface area contributed by atoms with Crippen molar-refractivity contribution in [3.8, 4) is 5.75 Å². The fraction of sp³-hybridized carbons (Fsp3) is 0.391. The van der Waals surface area contributed by atoms with E-state index in [0.717, 1.165) is 22.8 Å². The van der Waals surface area contributed by atoms with Gasteiger partial charge < -0.3 is 15.4 Å². The second kappa shape index (κ2) is 12.4. The average Bonchev–Trinajstić information content (AvgIpc) is 3.33. The van der Waals surface area contributed by atoms with Crippen LogP contribution in [0, 0.1) is 0 Å². The van der Waals surface area contributed by atoms with Gasteiger partial charge in [0.15, 0.2) is 5.17 Å². The first-order valence-corrected chi connectivity index (χ1v) is 12.5. The molecule has 9 heteroatoms. The fourth-order valence-corrected chi connectivity index (χ4v) is 4.57. The van der Waals surface area contributed by atoms with E-state index in [1.54, 1.807) is 23.5 Å². The summed E-state index contributed by atoms with van der Waals surface area (Å²) < 4.78 is 5.73. The highest BCUT2D eigenvalue weighted by Crippen LogP contribution is 2.24. The van der Waals surface area contributed by atoms with Crippen LogP contribution in [-0.4, -0.2) is 34.6 Å². The first kappa shape index (κ1) is 24.0. The Labute approximate surface area is 196 Å². The molecular weight excluding hydrogens is 444 g/mol. The average molecular weight is 473 g/mol. The van der Waals surface area contributed by atoms with E-state index in [1.807, 2.05) is 36.6 Å². The van der Waals surface area contributed by atoms with Crippen molar-refractivity contribution in [2.75, 3.05) is 11.9 Å². The van der Waals surface area contributed by atoms with Crippen LogP contribution in [0.15, 0.2) is 52.0 Å². The number of anilines is 1. The Hall–Kier alpha value is -2.65. The summed E-state index contributed by atoms with van der Waals surface area (Å²) in [6.07, 6.45) is 4.71. The van der Waals surface area contributed by atoms with Gasteiger partial charge in [-0.2, -0.15) is 5.10 Å². The minimum atomic E-state index is -0.575. The topological polar surface area (TPSA) is 92.1 Å². The highest BCUT2D eigenvalue weighted by molar-refractivity contribution is 8.15. The van der Waals surface area contributed by atoms with E-state index in [2.05, 4.69) is 27.8 Å². The van der Waals surface area contributed by atoms with E-state index >= 15 is 0 Å². The Bertz CT molecular complexity index is 956. The molecule has 2 N–H and O–H groups in total. The number of hydrogen-bond acceptors (Lipinski definition) is 7. The zero-order valence-electron chi connectivity index (χ0n) is 18.3. The monoisotopic (exact) mass is 472 g/mol. The largest absolute Gasteiger partial charge is 0.494 e. The molecule has 1 aliphatic heterocycles. The molecule has 2 aromatic rings. The van der Waals surface area contributed by atoms with Crippen molar-refractivity contribution in [1.29, 1.82) is 0 Å². The van der Waals surface area contributed by atoms with Crippen LogP contribution in [0.3, 0.4) is 0 Å². The lowest BCUT2D eigenvalue weighted by atomic mass is 10.2. The van der Waals surface area contributed by atoms with E-state index in [1.165, 1.54) is 31.0 Å². The van der Waals surface area contributed by atoms with Gasteiger partial charge in [-0.05, 0) is 49.1 Å². The highest BCUT2D eigenvalue weighted by atomic mass is 32.2. The molecule has 1 atom stereocenters. The Kier molecular flexibility index (Phi) is 9.30. The van der Waals surface area contributed by atoms with E-state index in [-0.39, 0.29) is 18.2 Å². The van der Waals surface area contributed by atoms with Crippen LogP contribution in [0.25, 0.3) is 0 Å². The van der Waals surface area contributed by atoms with Crippen LogP contribution in [0.5, 0.6) is 5.75 Å². The number of carbonyl (C=O) groups excluding carboxylic acids is 2. The molecule has 3 rings (SSSR count). The molecular formula is C23H28N4O3S2. The summed E-state index contributed by atoms with van der Waals surface area (Å²) in [5.41, 5.74) is 1.41. The summed E-state index contributed by atoms with van der Waals surface area (Å²) in [5.74, 6) is 0.280. The number of thiophene rings is 1. The molecule has 0 radical (unpaired) electrons. The van der Waals surface area contributed by atoms with Gasteiger partial charge in [-0.25, -0.2) is 0 Å². The Morgan fingerprint density at radius 3 is 2.75 bits per heavy atom. The van der Waals surface area contributed by atoms with Crippen molar-refractivity contribution in [3.63, 3.8) is 0 Å². The maximum absolute atomic E-state index is 12.7. The molecule has 0 saturated carbocycles. The minimum absolute atomic E-state index is 0.0854. The molecule has 0 unspecified atom stereocenters. The number of ether oxygens (including phenoxy) is 1. The third-order valence-electron chi connectivity index (χ3n) is 4.72. The first-order chi connectivity index (χ1) is 15.5. The van der Waals surface area contributed by atoms with Crippen LogP contribution >= 0.6 is 23.1 Å². The molecule has 0 aliphatic carbocycles. The number of amides is 2. The van der Waals surface area contributed by atoms with Gasteiger partial charge in [0.1, 0.15) is 11.0 Å².